The molecule has 1 unspecified atom stereocenters. The summed E-state index contributed by atoms with van der Waals surface area (Å²) in [5.41, 5.74) is 1.64. The number of aromatic nitrogens is 1. The quantitative estimate of drug-likeness (QED) is 0.845. The van der Waals surface area contributed by atoms with Crippen LogP contribution in [0.2, 0.25) is 10.2 Å². The van der Waals surface area contributed by atoms with E-state index in [1.807, 2.05) is 18.2 Å². The van der Waals surface area contributed by atoms with Gasteiger partial charge < -0.3 is 5.11 Å². The molecule has 1 saturated carbocycles. The summed E-state index contributed by atoms with van der Waals surface area (Å²) in [7, 11) is 0. The number of hydrogen-bond acceptors (Lipinski definition) is 2. The van der Waals surface area contributed by atoms with Gasteiger partial charge >= 0.3 is 5.97 Å². The first-order valence-corrected chi connectivity index (χ1v) is 7.28. The maximum Gasteiger partial charge on any atom is 0.303 e. The minimum absolute atomic E-state index is 0.0138. The molecule has 0 spiro atoms. The second-order valence-electron chi connectivity index (χ2n) is 5.21. The lowest BCUT2D eigenvalue weighted by atomic mass is 9.90. The zero-order chi connectivity index (χ0) is 14.3. The number of carbonyl (C=O) groups is 1. The van der Waals surface area contributed by atoms with Gasteiger partial charge in [0.1, 0.15) is 5.15 Å². The Morgan fingerprint density at radius 1 is 1.30 bits per heavy atom. The number of aliphatic carboxylic acids is 1. The van der Waals surface area contributed by atoms with Crippen molar-refractivity contribution < 1.29 is 9.90 Å². The van der Waals surface area contributed by atoms with Crippen LogP contribution >= 0.6 is 23.2 Å². The van der Waals surface area contributed by atoms with E-state index in [0.717, 1.165) is 29.3 Å². The van der Waals surface area contributed by atoms with Crippen LogP contribution in [0.1, 0.15) is 30.7 Å². The average molecular weight is 310 g/mol. The summed E-state index contributed by atoms with van der Waals surface area (Å²) < 4.78 is 0. The van der Waals surface area contributed by atoms with Crippen LogP contribution in [0, 0.1) is 5.92 Å². The fourth-order valence-corrected chi connectivity index (χ4v) is 3.18. The van der Waals surface area contributed by atoms with Crippen LogP contribution in [-0.2, 0) is 4.79 Å². The minimum Gasteiger partial charge on any atom is -0.481 e. The molecule has 20 heavy (non-hydrogen) atoms. The van der Waals surface area contributed by atoms with Crippen molar-refractivity contribution in [1.82, 2.24) is 4.98 Å². The highest BCUT2D eigenvalue weighted by Crippen LogP contribution is 2.47. The Morgan fingerprint density at radius 2 is 2.05 bits per heavy atom. The summed E-state index contributed by atoms with van der Waals surface area (Å²) in [6.45, 7) is 0. The summed E-state index contributed by atoms with van der Waals surface area (Å²) in [5.74, 6) is -0.367. The first kappa shape index (κ1) is 13.7. The van der Waals surface area contributed by atoms with Crippen LogP contribution in [0.3, 0.4) is 0 Å². The molecule has 3 rings (SSSR count). The van der Waals surface area contributed by atoms with Crippen molar-refractivity contribution in [2.45, 2.75) is 25.2 Å². The van der Waals surface area contributed by atoms with E-state index in [9.17, 15) is 4.79 Å². The lowest BCUT2D eigenvalue weighted by molar-refractivity contribution is -0.137. The van der Waals surface area contributed by atoms with Crippen molar-refractivity contribution >= 4 is 40.1 Å². The van der Waals surface area contributed by atoms with Crippen LogP contribution in [0.15, 0.2) is 24.3 Å². The molecular weight excluding hydrogens is 297 g/mol. The van der Waals surface area contributed by atoms with E-state index in [-0.39, 0.29) is 12.3 Å². The predicted molar refractivity (Wildman–Crippen MR) is 79.5 cm³/mol. The van der Waals surface area contributed by atoms with E-state index in [4.69, 9.17) is 28.3 Å². The van der Waals surface area contributed by atoms with Crippen molar-refractivity contribution in [3.8, 4) is 0 Å². The van der Waals surface area contributed by atoms with Crippen molar-refractivity contribution in [3.63, 3.8) is 0 Å². The van der Waals surface area contributed by atoms with Gasteiger partial charge in [-0.25, -0.2) is 4.98 Å². The van der Waals surface area contributed by atoms with Crippen LogP contribution in [0.5, 0.6) is 0 Å². The Morgan fingerprint density at radius 3 is 2.70 bits per heavy atom. The molecule has 0 aliphatic heterocycles. The van der Waals surface area contributed by atoms with Gasteiger partial charge in [-0.15, -0.1) is 0 Å². The number of rotatable bonds is 4. The zero-order valence-electron chi connectivity index (χ0n) is 10.6. The second kappa shape index (κ2) is 5.23. The number of fused-ring (bicyclic) bond motifs is 1. The molecule has 0 bridgehead atoms. The van der Waals surface area contributed by atoms with E-state index in [1.54, 1.807) is 6.07 Å². The predicted octanol–water partition coefficient (Wildman–Crippen LogP) is 4.51. The van der Waals surface area contributed by atoms with Gasteiger partial charge in [-0.2, -0.15) is 0 Å². The van der Waals surface area contributed by atoms with Gasteiger partial charge in [0.05, 0.1) is 17.0 Å². The van der Waals surface area contributed by atoms with Crippen LogP contribution in [0.25, 0.3) is 10.9 Å². The van der Waals surface area contributed by atoms with E-state index >= 15 is 0 Å². The molecule has 1 aliphatic rings. The molecule has 1 aromatic heterocycles. The number of pyridine rings is 1. The molecular formula is C15H13Cl2NO2. The Hall–Kier alpha value is -1.32. The maximum atomic E-state index is 11.1. The van der Waals surface area contributed by atoms with Gasteiger partial charge in [0.2, 0.25) is 0 Å². The molecule has 1 aromatic carbocycles. The van der Waals surface area contributed by atoms with Gasteiger partial charge in [-0.1, -0.05) is 29.3 Å². The molecule has 3 nitrogen and oxygen atoms in total. The third kappa shape index (κ3) is 2.60. The Kier molecular flexibility index (Phi) is 3.57. The van der Waals surface area contributed by atoms with Gasteiger partial charge in [-0.3, -0.25) is 4.79 Å². The topological polar surface area (TPSA) is 50.2 Å². The van der Waals surface area contributed by atoms with E-state index in [2.05, 4.69) is 4.98 Å². The molecule has 0 radical (unpaired) electrons. The van der Waals surface area contributed by atoms with E-state index in [0.29, 0.717) is 16.1 Å². The molecule has 5 heteroatoms. The van der Waals surface area contributed by atoms with Crippen molar-refractivity contribution in [1.29, 1.82) is 0 Å². The zero-order valence-corrected chi connectivity index (χ0v) is 12.2. The molecule has 1 atom stereocenters. The fraction of sp³-hybridized carbons (Fsp3) is 0.333. The summed E-state index contributed by atoms with van der Waals surface area (Å²) in [4.78, 5) is 15.3. The second-order valence-corrected chi connectivity index (χ2v) is 5.98. The van der Waals surface area contributed by atoms with Gasteiger partial charge in [0, 0.05) is 5.39 Å². The van der Waals surface area contributed by atoms with Gasteiger partial charge in [-0.05, 0) is 48.4 Å². The van der Waals surface area contributed by atoms with E-state index < -0.39 is 5.97 Å². The molecule has 1 N–H and O–H groups in total. The van der Waals surface area contributed by atoms with Crippen molar-refractivity contribution in [2.75, 3.05) is 0 Å². The lowest BCUT2D eigenvalue weighted by Crippen LogP contribution is -2.09. The summed E-state index contributed by atoms with van der Waals surface area (Å²) in [6.07, 6.45) is 2.27. The van der Waals surface area contributed by atoms with Gasteiger partial charge in [0.25, 0.3) is 0 Å². The molecule has 104 valence electrons. The number of halogens is 2. The third-order valence-electron chi connectivity index (χ3n) is 3.79. The highest BCUT2D eigenvalue weighted by atomic mass is 35.5. The van der Waals surface area contributed by atoms with Crippen LogP contribution < -0.4 is 0 Å². The smallest absolute Gasteiger partial charge is 0.303 e. The molecule has 1 aliphatic carbocycles. The van der Waals surface area contributed by atoms with Crippen molar-refractivity contribution in [2.24, 2.45) is 5.92 Å². The maximum absolute atomic E-state index is 11.1. The normalized spacial score (nSPS) is 16.3. The molecule has 0 amide bonds. The minimum atomic E-state index is -0.785. The number of hydrogen-bond donors (Lipinski definition) is 1. The largest absolute Gasteiger partial charge is 0.481 e. The summed E-state index contributed by atoms with van der Waals surface area (Å²) in [5, 5.41) is 10.9. The lowest BCUT2D eigenvalue weighted by Gasteiger charge is -2.17. The highest BCUT2D eigenvalue weighted by Gasteiger charge is 2.35. The van der Waals surface area contributed by atoms with E-state index in [1.165, 1.54) is 0 Å². The Bertz CT molecular complexity index is 683. The molecule has 0 saturated heterocycles. The first-order valence-electron chi connectivity index (χ1n) is 6.52. The average Bonchev–Trinajstić information content (AvgIpc) is 3.20. The number of benzene rings is 1. The Labute approximate surface area is 126 Å². The molecule has 1 fully saturated rings. The fourth-order valence-electron chi connectivity index (χ4n) is 2.66. The number of carboxylic acids is 1. The number of nitrogens with zero attached hydrogens (tertiary/aromatic N) is 1. The highest BCUT2D eigenvalue weighted by molar-refractivity contribution is 6.36. The number of carboxylic acid groups (broad SMARTS) is 1. The standard InChI is InChI=1S/C15H13Cl2NO2/c16-13-6-4-10-12(18-13)5-3-9(15(10)17)11(7-14(19)20)8-1-2-8/h3-6,8,11H,1-2,7H2,(H,19,20). The first-order chi connectivity index (χ1) is 9.56. The Balaban J connectivity index is 2.08. The van der Waals surface area contributed by atoms with Crippen LogP contribution in [-0.4, -0.2) is 16.1 Å². The summed E-state index contributed by atoms with van der Waals surface area (Å²) >= 11 is 12.3. The molecule has 1 heterocycles. The summed E-state index contributed by atoms with van der Waals surface area (Å²) in [6, 6.07) is 7.28. The third-order valence-corrected chi connectivity index (χ3v) is 4.42. The SMILES string of the molecule is O=C(O)CC(c1ccc2nc(Cl)ccc2c1Cl)C1CC1. The van der Waals surface area contributed by atoms with Crippen molar-refractivity contribution in [3.05, 3.63) is 40.0 Å². The van der Waals surface area contributed by atoms with Gasteiger partial charge in [0.15, 0.2) is 0 Å². The monoisotopic (exact) mass is 309 g/mol. The molecule has 2 aromatic rings. The van der Waals surface area contributed by atoms with Crippen LogP contribution in [0.4, 0.5) is 0 Å².